The van der Waals surface area contributed by atoms with Crippen molar-refractivity contribution >= 4 is 17.6 Å². The molecular weight excluding hydrogens is 236 g/mol. The number of amides is 2. The summed E-state index contributed by atoms with van der Waals surface area (Å²) < 4.78 is 4.85. The van der Waals surface area contributed by atoms with Crippen molar-refractivity contribution in [3.63, 3.8) is 0 Å². The van der Waals surface area contributed by atoms with Gasteiger partial charge in [0.2, 0.25) is 11.8 Å². The number of hydrogen-bond donors (Lipinski definition) is 2. The Morgan fingerprint density at radius 1 is 1.67 bits per heavy atom. The lowest BCUT2D eigenvalue weighted by Crippen LogP contribution is -2.48. The molecule has 1 fully saturated rings. The molecule has 2 amide bonds. The van der Waals surface area contributed by atoms with E-state index in [0.29, 0.717) is 37.6 Å². The van der Waals surface area contributed by atoms with Crippen LogP contribution >= 0.6 is 0 Å². The maximum Gasteiger partial charge on any atom is 0.234 e. The van der Waals surface area contributed by atoms with E-state index in [1.54, 1.807) is 13.0 Å². The summed E-state index contributed by atoms with van der Waals surface area (Å²) in [5.74, 6) is 0.954. The number of carbonyl (C=O) groups excluding carboxylic acids is 2. The summed E-state index contributed by atoms with van der Waals surface area (Å²) in [6.07, 6.45) is 0.333. The third kappa shape index (κ3) is 3.56. The molecule has 0 spiro atoms. The van der Waals surface area contributed by atoms with Crippen LogP contribution in [0.2, 0.25) is 0 Å². The molecule has 0 bridgehead atoms. The smallest absolute Gasteiger partial charge is 0.234 e. The van der Waals surface area contributed by atoms with Gasteiger partial charge in [0, 0.05) is 32.1 Å². The molecule has 7 nitrogen and oxygen atoms in total. The fraction of sp³-hybridized carbons (Fsp3) is 0.545. The molecule has 0 saturated carbocycles. The Labute approximate surface area is 104 Å². The lowest BCUT2D eigenvalue weighted by atomic mass is 10.3. The predicted octanol–water partition coefficient (Wildman–Crippen LogP) is -0.257. The van der Waals surface area contributed by atoms with Gasteiger partial charge < -0.3 is 15.2 Å². The highest BCUT2D eigenvalue weighted by Crippen LogP contribution is 2.07. The van der Waals surface area contributed by atoms with E-state index in [1.807, 2.05) is 4.90 Å². The zero-order chi connectivity index (χ0) is 13.0. The lowest BCUT2D eigenvalue weighted by Gasteiger charge is -2.25. The molecule has 7 heteroatoms. The number of anilines is 1. The number of aryl methyl sites for hydroxylation is 1. The quantitative estimate of drug-likeness (QED) is 0.771. The van der Waals surface area contributed by atoms with Crippen LogP contribution in [0.15, 0.2) is 10.6 Å². The van der Waals surface area contributed by atoms with Gasteiger partial charge in [0.25, 0.3) is 0 Å². The van der Waals surface area contributed by atoms with E-state index in [2.05, 4.69) is 15.8 Å². The van der Waals surface area contributed by atoms with Crippen LogP contribution in [0, 0.1) is 6.92 Å². The van der Waals surface area contributed by atoms with E-state index in [4.69, 9.17) is 4.52 Å². The molecule has 1 aromatic rings. The Bertz CT molecular complexity index is 443. The minimum absolute atomic E-state index is 0.00813. The van der Waals surface area contributed by atoms with Crippen molar-refractivity contribution < 1.29 is 14.1 Å². The highest BCUT2D eigenvalue weighted by Gasteiger charge is 2.16. The van der Waals surface area contributed by atoms with Gasteiger partial charge in [0.05, 0.1) is 6.54 Å². The van der Waals surface area contributed by atoms with Crippen molar-refractivity contribution in [3.8, 4) is 0 Å². The van der Waals surface area contributed by atoms with Crippen molar-refractivity contribution in [3.05, 3.63) is 11.8 Å². The number of rotatable bonds is 4. The molecule has 1 aliphatic rings. The van der Waals surface area contributed by atoms with Crippen LogP contribution in [-0.4, -0.2) is 48.0 Å². The molecule has 1 aromatic heterocycles. The van der Waals surface area contributed by atoms with Crippen molar-refractivity contribution in [2.24, 2.45) is 0 Å². The van der Waals surface area contributed by atoms with Gasteiger partial charge in [-0.15, -0.1) is 0 Å². The topological polar surface area (TPSA) is 87.5 Å². The van der Waals surface area contributed by atoms with Crippen LogP contribution in [-0.2, 0) is 9.59 Å². The summed E-state index contributed by atoms with van der Waals surface area (Å²) in [5, 5.41) is 9.06. The van der Waals surface area contributed by atoms with Gasteiger partial charge in [-0.3, -0.25) is 14.5 Å². The number of nitrogens with zero attached hydrogens (tertiary/aromatic N) is 2. The third-order valence-corrected chi connectivity index (χ3v) is 2.67. The minimum Gasteiger partial charge on any atom is -0.360 e. The lowest BCUT2D eigenvalue weighted by molar-refractivity contribution is -0.125. The zero-order valence-electron chi connectivity index (χ0n) is 10.2. The maximum atomic E-state index is 11.6. The number of carbonyl (C=O) groups is 2. The summed E-state index contributed by atoms with van der Waals surface area (Å²) in [6, 6.07) is 1.66. The van der Waals surface area contributed by atoms with Crippen LogP contribution in [0.3, 0.4) is 0 Å². The second-order valence-electron chi connectivity index (χ2n) is 4.25. The van der Waals surface area contributed by atoms with E-state index in [9.17, 15) is 9.59 Å². The van der Waals surface area contributed by atoms with Gasteiger partial charge in [-0.2, -0.15) is 0 Å². The molecule has 2 N–H and O–H groups in total. The minimum atomic E-state index is -0.130. The van der Waals surface area contributed by atoms with Crippen LogP contribution in [0.5, 0.6) is 0 Å². The van der Waals surface area contributed by atoms with E-state index in [1.165, 1.54) is 0 Å². The fourth-order valence-electron chi connectivity index (χ4n) is 1.77. The van der Waals surface area contributed by atoms with Crippen molar-refractivity contribution in [2.45, 2.75) is 13.3 Å². The van der Waals surface area contributed by atoms with Crippen molar-refractivity contribution in [1.29, 1.82) is 0 Å². The summed E-state index contributed by atoms with van der Waals surface area (Å²) in [7, 11) is 0. The number of aromatic nitrogens is 1. The maximum absolute atomic E-state index is 11.6. The van der Waals surface area contributed by atoms with Gasteiger partial charge >= 0.3 is 0 Å². The summed E-state index contributed by atoms with van der Waals surface area (Å²) in [4.78, 5) is 24.7. The molecule has 0 atom stereocenters. The molecule has 0 aromatic carbocycles. The highest BCUT2D eigenvalue weighted by molar-refractivity contribution is 5.89. The first-order valence-electron chi connectivity index (χ1n) is 5.86. The van der Waals surface area contributed by atoms with E-state index < -0.39 is 0 Å². The molecule has 0 radical (unpaired) electrons. The van der Waals surface area contributed by atoms with Crippen molar-refractivity contribution in [2.75, 3.05) is 31.5 Å². The Morgan fingerprint density at radius 2 is 2.50 bits per heavy atom. The SMILES string of the molecule is Cc1cc(NC(=O)CCN2CCNC(=O)C2)no1. The van der Waals surface area contributed by atoms with E-state index in [-0.39, 0.29) is 11.8 Å². The Kier molecular flexibility index (Phi) is 3.93. The average Bonchev–Trinajstić information content (AvgIpc) is 2.72. The van der Waals surface area contributed by atoms with Gasteiger partial charge in [0.1, 0.15) is 5.76 Å². The molecule has 98 valence electrons. The number of hydrogen-bond acceptors (Lipinski definition) is 5. The van der Waals surface area contributed by atoms with Crippen molar-refractivity contribution in [1.82, 2.24) is 15.4 Å². The fourth-order valence-corrected chi connectivity index (χ4v) is 1.77. The second kappa shape index (κ2) is 5.63. The molecule has 2 heterocycles. The van der Waals surface area contributed by atoms with Crippen LogP contribution in [0.25, 0.3) is 0 Å². The Morgan fingerprint density at radius 3 is 3.17 bits per heavy atom. The largest absolute Gasteiger partial charge is 0.360 e. The molecule has 18 heavy (non-hydrogen) atoms. The molecular formula is C11H16N4O3. The number of nitrogens with one attached hydrogen (secondary N) is 2. The Balaban J connectivity index is 1.73. The molecule has 1 aliphatic heterocycles. The van der Waals surface area contributed by atoms with Gasteiger partial charge in [0.15, 0.2) is 5.82 Å². The van der Waals surface area contributed by atoms with Crippen LogP contribution < -0.4 is 10.6 Å². The Hall–Kier alpha value is -1.89. The molecule has 1 saturated heterocycles. The highest BCUT2D eigenvalue weighted by atomic mass is 16.5. The normalized spacial score (nSPS) is 16.4. The standard InChI is InChI=1S/C11H16N4O3/c1-8-6-9(14-18-8)13-10(16)2-4-15-5-3-12-11(17)7-15/h6H,2-5,7H2,1H3,(H,12,17)(H,13,14,16). The van der Waals surface area contributed by atoms with Gasteiger partial charge in [-0.05, 0) is 6.92 Å². The monoisotopic (exact) mass is 252 g/mol. The average molecular weight is 252 g/mol. The summed E-state index contributed by atoms with van der Waals surface area (Å²) in [6.45, 7) is 4.10. The summed E-state index contributed by atoms with van der Waals surface area (Å²) in [5.41, 5.74) is 0. The first-order chi connectivity index (χ1) is 8.63. The third-order valence-electron chi connectivity index (χ3n) is 2.67. The van der Waals surface area contributed by atoms with E-state index >= 15 is 0 Å². The van der Waals surface area contributed by atoms with Gasteiger partial charge in [-0.1, -0.05) is 5.16 Å². The van der Waals surface area contributed by atoms with Gasteiger partial charge in [-0.25, -0.2) is 0 Å². The van der Waals surface area contributed by atoms with Crippen LogP contribution in [0.1, 0.15) is 12.2 Å². The second-order valence-corrected chi connectivity index (χ2v) is 4.25. The van der Waals surface area contributed by atoms with Crippen LogP contribution in [0.4, 0.5) is 5.82 Å². The first-order valence-corrected chi connectivity index (χ1v) is 5.86. The molecule has 2 rings (SSSR count). The van der Waals surface area contributed by atoms with E-state index in [0.717, 1.165) is 6.54 Å². The molecule has 0 unspecified atom stereocenters. The number of piperazine rings is 1. The molecule has 0 aliphatic carbocycles. The first kappa shape index (κ1) is 12.6. The zero-order valence-corrected chi connectivity index (χ0v) is 10.2. The predicted molar refractivity (Wildman–Crippen MR) is 63.9 cm³/mol. The summed E-state index contributed by atoms with van der Waals surface area (Å²) >= 11 is 0.